The van der Waals surface area contributed by atoms with Crippen LogP contribution in [0.1, 0.15) is 12.6 Å². The molecular formula is C16H16FN5O4. The van der Waals surface area contributed by atoms with Crippen LogP contribution in [0.4, 0.5) is 14.9 Å². The van der Waals surface area contributed by atoms with Gasteiger partial charge in [-0.1, -0.05) is 5.16 Å². The van der Waals surface area contributed by atoms with Crippen molar-refractivity contribution in [1.29, 1.82) is 0 Å². The summed E-state index contributed by atoms with van der Waals surface area (Å²) in [6.45, 7) is 1.77. The van der Waals surface area contributed by atoms with Crippen molar-refractivity contribution in [3.63, 3.8) is 0 Å². The third kappa shape index (κ3) is 3.63. The normalized spacial score (nSPS) is 16.9. The number of benzene rings is 1. The van der Waals surface area contributed by atoms with Crippen molar-refractivity contribution >= 4 is 23.9 Å². The number of anilines is 1. The van der Waals surface area contributed by atoms with Crippen LogP contribution in [0, 0.1) is 5.82 Å². The fraction of sp³-hybridized carbons (Fsp3) is 0.250. The Morgan fingerprint density at radius 2 is 2.35 bits per heavy atom. The van der Waals surface area contributed by atoms with Crippen LogP contribution in [-0.4, -0.2) is 52.4 Å². The Hall–Kier alpha value is -3.43. The Balaban J connectivity index is 1.76. The summed E-state index contributed by atoms with van der Waals surface area (Å²) >= 11 is 0. The highest BCUT2D eigenvalue weighted by Crippen LogP contribution is 2.25. The van der Waals surface area contributed by atoms with Crippen molar-refractivity contribution in [2.75, 3.05) is 18.0 Å². The van der Waals surface area contributed by atoms with Gasteiger partial charge in [0, 0.05) is 13.1 Å². The number of nitrogens with one attached hydrogen (secondary N) is 1. The molecule has 3 rings (SSSR count). The lowest BCUT2D eigenvalue weighted by molar-refractivity contribution is -0.119. The summed E-state index contributed by atoms with van der Waals surface area (Å²) in [6.07, 6.45) is 1.54. The zero-order valence-corrected chi connectivity index (χ0v) is 13.8. The molecule has 1 fully saturated rings. The molecule has 0 bridgehead atoms. The van der Waals surface area contributed by atoms with Gasteiger partial charge in [-0.15, -0.1) is 0 Å². The van der Waals surface area contributed by atoms with Gasteiger partial charge in [0.1, 0.15) is 17.5 Å². The first-order valence-corrected chi connectivity index (χ1v) is 7.73. The van der Waals surface area contributed by atoms with Crippen LogP contribution in [0.2, 0.25) is 0 Å². The van der Waals surface area contributed by atoms with E-state index in [2.05, 4.69) is 15.6 Å². The monoisotopic (exact) mass is 361 g/mol. The molecule has 1 aliphatic heterocycles. The van der Waals surface area contributed by atoms with Crippen LogP contribution in [0.5, 0.6) is 0 Å². The van der Waals surface area contributed by atoms with Crippen LogP contribution < -0.4 is 10.2 Å². The number of nitrogens with zero attached hydrogens (tertiary/aromatic N) is 4. The molecule has 1 aromatic carbocycles. The fourth-order valence-electron chi connectivity index (χ4n) is 2.55. The van der Waals surface area contributed by atoms with E-state index in [0.29, 0.717) is 11.4 Å². The van der Waals surface area contributed by atoms with Gasteiger partial charge in [0.05, 0.1) is 25.0 Å². The second-order valence-corrected chi connectivity index (χ2v) is 5.62. The number of hydrogen-bond acceptors (Lipinski definition) is 6. The molecule has 9 nitrogen and oxygen atoms in total. The summed E-state index contributed by atoms with van der Waals surface area (Å²) < 4.78 is 20.9. The van der Waals surface area contributed by atoms with E-state index in [4.69, 9.17) is 9.94 Å². The second-order valence-electron chi connectivity index (χ2n) is 5.62. The largest absolute Gasteiger partial charge is 0.442 e. The highest BCUT2D eigenvalue weighted by Gasteiger charge is 2.32. The third-order valence-electron chi connectivity index (χ3n) is 3.74. The highest BCUT2D eigenvalue weighted by atomic mass is 19.1. The van der Waals surface area contributed by atoms with Gasteiger partial charge in [0.25, 0.3) is 0 Å². The van der Waals surface area contributed by atoms with Crippen molar-refractivity contribution in [3.8, 4) is 5.69 Å². The molecule has 2 N–H and O–H groups in total. The van der Waals surface area contributed by atoms with E-state index >= 15 is 0 Å². The van der Waals surface area contributed by atoms with Crippen LogP contribution in [-0.2, 0) is 9.53 Å². The minimum atomic E-state index is -0.604. The summed E-state index contributed by atoms with van der Waals surface area (Å²) in [6, 6.07) is 5.81. The first-order chi connectivity index (χ1) is 12.5. The SMILES string of the molecule is CC(=O)NCC1CN(c2ccc(-n3ccc(C=NO)n3)c(F)c2)C(=O)O1. The number of carbonyl (C=O) groups excluding carboxylic acids is 2. The van der Waals surface area contributed by atoms with Crippen molar-refractivity contribution < 1.29 is 23.9 Å². The maximum Gasteiger partial charge on any atom is 0.414 e. The van der Waals surface area contributed by atoms with E-state index in [1.165, 1.54) is 34.8 Å². The molecule has 10 heteroatoms. The summed E-state index contributed by atoms with van der Waals surface area (Å²) in [4.78, 5) is 24.2. The highest BCUT2D eigenvalue weighted by molar-refractivity contribution is 5.90. The summed E-state index contributed by atoms with van der Waals surface area (Å²) in [5.74, 6) is -0.809. The molecule has 1 unspecified atom stereocenters. The molecule has 1 atom stereocenters. The van der Waals surface area contributed by atoms with Crippen molar-refractivity contribution in [3.05, 3.63) is 42.0 Å². The molecule has 0 spiro atoms. The van der Waals surface area contributed by atoms with Crippen LogP contribution in [0.15, 0.2) is 35.6 Å². The number of ether oxygens (including phenoxy) is 1. The molecular weight excluding hydrogens is 345 g/mol. The summed E-state index contributed by atoms with van der Waals surface area (Å²) in [5, 5.41) is 18.0. The predicted molar refractivity (Wildman–Crippen MR) is 89.2 cm³/mol. The van der Waals surface area contributed by atoms with Crippen molar-refractivity contribution in [2.45, 2.75) is 13.0 Å². The van der Waals surface area contributed by atoms with Crippen LogP contribution in [0.25, 0.3) is 5.69 Å². The number of hydrogen-bond donors (Lipinski definition) is 2. The van der Waals surface area contributed by atoms with Gasteiger partial charge >= 0.3 is 6.09 Å². The molecule has 0 radical (unpaired) electrons. The molecule has 2 heterocycles. The third-order valence-corrected chi connectivity index (χ3v) is 3.74. The topological polar surface area (TPSA) is 109 Å². The van der Waals surface area contributed by atoms with E-state index in [-0.39, 0.29) is 24.7 Å². The molecule has 0 saturated carbocycles. The van der Waals surface area contributed by atoms with Gasteiger partial charge in [0.15, 0.2) is 5.82 Å². The number of oxime groups is 1. The second kappa shape index (κ2) is 7.21. The Morgan fingerprint density at radius 3 is 3.04 bits per heavy atom. The maximum absolute atomic E-state index is 14.5. The standard InChI is InChI=1S/C16H16FN5O4/c1-10(23)18-8-13-9-21(16(24)26-13)12-2-3-15(14(17)6-12)22-5-4-11(20-22)7-19-25/h2-7,13,25H,8-9H2,1H3,(H,18,23). The molecule has 2 aromatic rings. The lowest BCUT2D eigenvalue weighted by Gasteiger charge is -2.14. The van der Waals surface area contributed by atoms with Gasteiger partial charge in [0.2, 0.25) is 5.91 Å². The number of cyclic esters (lactones) is 1. The fourth-order valence-corrected chi connectivity index (χ4v) is 2.55. The Bertz CT molecular complexity index is 866. The zero-order chi connectivity index (χ0) is 18.7. The van der Waals surface area contributed by atoms with Gasteiger partial charge in [-0.2, -0.15) is 5.10 Å². The van der Waals surface area contributed by atoms with Crippen molar-refractivity contribution in [1.82, 2.24) is 15.1 Å². The molecule has 0 aliphatic carbocycles. The minimum absolute atomic E-state index is 0.175. The first kappa shape index (κ1) is 17.4. The van der Waals surface area contributed by atoms with Gasteiger partial charge in [-0.3, -0.25) is 9.69 Å². The van der Waals surface area contributed by atoms with E-state index in [9.17, 15) is 14.0 Å². The molecule has 26 heavy (non-hydrogen) atoms. The Kier molecular flexibility index (Phi) is 4.83. The lowest BCUT2D eigenvalue weighted by Crippen LogP contribution is -2.33. The minimum Gasteiger partial charge on any atom is -0.442 e. The Labute approximate surface area is 147 Å². The number of amides is 2. The number of halogens is 1. The van der Waals surface area contributed by atoms with E-state index in [1.54, 1.807) is 12.1 Å². The molecule has 136 valence electrons. The van der Waals surface area contributed by atoms with Gasteiger partial charge in [-0.25, -0.2) is 13.9 Å². The molecule has 1 aliphatic rings. The van der Waals surface area contributed by atoms with Gasteiger partial charge < -0.3 is 15.3 Å². The summed E-state index contributed by atoms with van der Waals surface area (Å²) in [7, 11) is 0. The van der Waals surface area contributed by atoms with E-state index in [0.717, 1.165) is 6.21 Å². The van der Waals surface area contributed by atoms with E-state index < -0.39 is 18.0 Å². The molecule has 1 saturated heterocycles. The average Bonchev–Trinajstić information content (AvgIpc) is 3.20. The number of carbonyl (C=O) groups is 2. The smallest absolute Gasteiger partial charge is 0.414 e. The first-order valence-electron chi connectivity index (χ1n) is 7.73. The zero-order valence-electron chi connectivity index (χ0n) is 13.8. The van der Waals surface area contributed by atoms with Gasteiger partial charge in [-0.05, 0) is 24.3 Å². The lowest BCUT2D eigenvalue weighted by atomic mass is 10.2. The van der Waals surface area contributed by atoms with Crippen LogP contribution in [0.3, 0.4) is 0 Å². The summed E-state index contributed by atoms with van der Waals surface area (Å²) in [5.41, 5.74) is 0.875. The predicted octanol–water partition coefficient (Wildman–Crippen LogP) is 1.28. The number of aromatic nitrogens is 2. The molecule has 1 aromatic heterocycles. The molecule has 2 amide bonds. The quantitative estimate of drug-likeness (QED) is 0.474. The Morgan fingerprint density at radius 1 is 1.54 bits per heavy atom. The number of rotatable bonds is 5. The van der Waals surface area contributed by atoms with E-state index in [1.807, 2.05) is 0 Å². The van der Waals surface area contributed by atoms with Crippen molar-refractivity contribution in [2.24, 2.45) is 5.16 Å². The van der Waals surface area contributed by atoms with Crippen LogP contribution >= 0.6 is 0 Å². The maximum atomic E-state index is 14.5. The average molecular weight is 361 g/mol.